The molecule has 0 aliphatic rings. The van der Waals surface area contributed by atoms with E-state index in [1.54, 1.807) is 6.08 Å². The summed E-state index contributed by atoms with van der Waals surface area (Å²) in [5, 5.41) is 13.2. The van der Waals surface area contributed by atoms with E-state index < -0.39 is 6.10 Å². The van der Waals surface area contributed by atoms with Crippen molar-refractivity contribution in [2.75, 3.05) is 26.3 Å². The first-order valence-electron chi connectivity index (χ1n) is 6.62. The Morgan fingerprint density at radius 2 is 1.95 bits per heavy atom. The third-order valence-corrected chi connectivity index (χ3v) is 2.58. The Hall–Kier alpha value is -1.52. The third-order valence-electron chi connectivity index (χ3n) is 2.58. The van der Waals surface area contributed by atoms with E-state index in [4.69, 9.17) is 9.47 Å². The van der Waals surface area contributed by atoms with E-state index in [-0.39, 0.29) is 0 Å². The molecule has 0 aliphatic heterocycles. The van der Waals surface area contributed by atoms with E-state index in [2.05, 4.69) is 11.9 Å². The topological polar surface area (TPSA) is 50.7 Å². The van der Waals surface area contributed by atoms with Crippen LogP contribution in [0.3, 0.4) is 0 Å². The van der Waals surface area contributed by atoms with Gasteiger partial charge in [0.25, 0.3) is 0 Å². The summed E-state index contributed by atoms with van der Waals surface area (Å²) in [6, 6.07) is 5.52. The standard InChI is InChI=1S/C15H23NO3/c1-4-9-16-11-13(17)12-7-8-14(18-5-2)15(10-12)19-6-3/h4,7-8,10,13,16-17H,1,5-6,9,11H2,2-3H3. The monoisotopic (exact) mass is 265 g/mol. The minimum atomic E-state index is -0.574. The summed E-state index contributed by atoms with van der Waals surface area (Å²) in [6.07, 6.45) is 1.19. The molecule has 1 unspecified atom stereocenters. The van der Waals surface area contributed by atoms with E-state index in [9.17, 15) is 5.11 Å². The van der Waals surface area contributed by atoms with E-state index in [1.807, 2.05) is 32.0 Å². The molecule has 0 saturated heterocycles. The number of benzene rings is 1. The zero-order valence-electron chi connectivity index (χ0n) is 11.7. The van der Waals surface area contributed by atoms with Crippen LogP contribution < -0.4 is 14.8 Å². The molecule has 0 aromatic heterocycles. The maximum Gasteiger partial charge on any atom is 0.161 e. The summed E-state index contributed by atoms with van der Waals surface area (Å²) in [5.41, 5.74) is 0.809. The van der Waals surface area contributed by atoms with Gasteiger partial charge in [0.15, 0.2) is 11.5 Å². The molecular formula is C15H23NO3. The van der Waals surface area contributed by atoms with Crippen molar-refractivity contribution >= 4 is 0 Å². The van der Waals surface area contributed by atoms with Crippen LogP contribution in [0.2, 0.25) is 0 Å². The van der Waals surface area contributed by atoms with Crippen LogP contribution in [0.15, 0.2) is 30.9 Å². The van der Waals surface area contributed by atoms with Crippen LogP contribution in [-0.4, -0.2) is 31.4 Å². The lowest BCUT2D eigenvalue weighted by Crippen LogP contribution is -2.21. The maximum absolute atomic E-state index is 10.1. The number of rotatable bonds is 9. The summed E-state index contributed by atoms with van der Waals surface area (Å²) in [6.45, 7) is 9.77. The second-order valence-corrected chi connectivity index (χ2v) is 4.03. The Bertz CT molecular complexity index is 393. The fourth-order valence-corrected chi connectivity index (χ4v) is 1.71. The van der Waals surface area contributed by atoms with Crippen molar-refractivity contribution < 1.29 is 14.6 Å². The molecule has 1 atom stereocenters. The number of aliphatic hydroxyl groups excluding tert-OH is 1. The Balaban J connectivity index is 2.78. The van der Waals surface area contributed by atoms with E-state index >= 15 is 0 Å². The highest BCUT2D eigenvalue weighted by Gasteiger charge is 2.11. The van der Waals surface area contributed by atoms with Crippen LogP contribution in [0.25, 0.3) is 0 Å². The van der Waals surface area contributed by atoms with Crippen molar-refractivity contribution in [1.29, 1.82) is 0 Å². The van der Waals surface area contributed by atoms with Gasteiger partial charge in [-0.15, -0.1) is 6.58 Å². The summed E-state index contributed by atoms with van der Waals surface area (Å²) >= 11 is 0. The highest BCUT2D eigenvalue weighted by molar-refractivity contribution is 5.43. The Kier molecular flexibility index (Phi) is 7.00. The van der Waals surface area contributed by atoms with Gasteiger partial charge in [-0.1, -0.05) is 12.1 Å². The first kappa shape index (κ1) is 15.5. The van der Waals surface area contributed by atoms with Gasteiger partial charge in [-0.3, -0.25) is 0 Å². The van der Waals surface area contributed by atoms with Crippen LogP contribution in [0.1, 0.15) is 25.5 Å². The molecule has 1 rings (SSSR count). The Labute approximate surface area is 115 Å². The van der Waals surface area contributed by atoms with Gasteiger partial charge in [0.2, 0.25) is 0 Å². The molecule has 0 saturated carbocycles. The SMILES string of the molecule is C=CCNCC(O)c1ccc(OCC)c(OCC)c1. The summed E-state index contributed by atoms with van der Waals surface area (Å²) in [7, 11) is 0. The van der Waals surface area contributed by atoms with Gasteiger partial charge < -0.3 is 19.9 Å². The number of hydrogen-bond donors (Lipinski definition) is 2. The van der Waals surface area contributed by atoms with Crippen molar-refractivity contribution in [3.8, 4) is 11.5 Å². The van der Waals surface area contributed by atoms with Crippen molar-refractivity contribution in [2.45, 2.75) is 20.0 Å². The first-order chi connectivity index (χ1) is 9.22. The van der Waals surface area contributed by atoms with Gasteiger partial charge in [0, 0.05) is 13.1 Å². The van der Waals surface area contributed by atoms with Gasteiger partial charge >= 0.3 is 0 Å². The molecule has 19 heavy (non-hydrogen) atoms. The molecule has 1 aromatic rings. The van der Waals surface area contributed by atoms with E-state index in [0.717, 1.165) is 5.56 Å². The highest BCUT2D eigenvalue weighted by Crippen LogP contribution is 2.30. The van der Waals surface area contributed by atoms with Gasteiger partial charge in [-0.2, -0.15) is 0 Å². The minimum Gasteiger partial charge on any atom is -0.490 e. The molecule has 0 spiro atoms. The molecule has 0 fully saturated rings. The van der Waals surface area contributed by atoms with E-state index in [1.165, 1.54) is 0 Å². The van der Waals surface area contributed by atoms with Crippen LogP contribution in [0, 0.1) is 0 Å². The molecule has 0 radical (unpaired) electrons. The van der Waals surface area contributed by atoms with E-state index in [0.29, 0.717) is 37.8 Å². The van der Waals surface area contributed by atoms with Crippen LogP contribution in [-0.2, 0) is 0 Å². The predicted octanol–water partition coefficient (Wildman–Crippen LogP) is 2.29. The van der Waals surface area contributed by atoms with Crippen LogP contribution in [0.5, 0.6) is 11.5 Å². The molecular weight excluding hydrogens is 242 g/mol. The third kappa shape index (κ3) is 4.93. The quantitative estimate of drug-likeness (QED) is 0.531. The summed E-state index contributed by atoms with van der Waals surface area (Å²) in [4.78, 5) is 0. The molecule has 4 heteroatoms. The maximum atomic E-state index is 10.1. The normalized spacial score (nSPS) is 11.9. The second kappa shape index (κ2) is 8.56. The zero-order chi connectivity index (χ0) is 14.1. The fraction of sp³-hybridized carbons (Fsp3) is 0.467. The van der Waals surface area contributed by atoms with Crippen molar-refractivity contribution in [3.63, 3.8) is 0 Å². The number of ether oxygens (including phenoxy) is 2. The lowest BCUT2D eigenvalue weighted by atomic mass is 10.1. The second-order valence-electron chi connectivity index (χ2n) is 4.03. The predicted molar refractivity (Wildman–Crippen MR) is 76.8 cm³/mol. The van der Waals surface area contributed by atoms with Crippen molar-refractivity contribution in [1.82, 2.24) is 5.32 Å². The lowest BCUT2D eigenvalue weighted by molar-refractivity contribution is 0.175. The van der Waals surface area contributed by atoms with Gasteiger partial charge in [0.1, 0.15) is 0 Å². The lowest BCUT2D eigenvalue weighted by Gasteiger charge is -2.15. The average Bonchev–Trinajstić information content (AvgIpc) is 2.41. The largest absolute Gasteiger partial charge is 0.490 e. The summed E-state index contributed by atoms with van der Waals surface area (Å²) in [5.74, 6) is 1.38. The van der Waals surface area contributed by atoms with Gasteiger partial charge in [-0.25, -0.2) is 0 Å². The number of hydrogen-bond acceptors (Lipinski definition) is 4. The fourth-order valence-electron chi connectivity index (χ4n) is 1.71. The Morgan fingerprint density at radius 3 is 2.58 bits per heavy atom. The van der Waals surface area contributed by atoms with Gasteiger partial charge in [-0.05, 0) is 31.5 Å². The first-order valence-corrected chi connectivity index (χ1v) is 6.62. The molecule has 0 heterocycles. The highest BCUT2D eigenvalue weighted by atomic mass is 16.5. The van der Waals surface area contributed by atoms with Crippen LogP contribution in [0.4, 0.5) is 0 Å². The molecule has 2 N–H and O–H groups in total. The number of nitrogens with one attached hydrogen (secondary N) is 1. The molecule has 4 nitrogen and oxygen atoms in total. The molecule has 0 amide bonds. The zero-order valence-corrected chi connectivity index (χ0v) is 11.7. The minimum absolute atomic E-state index is 0.478. The number of aliphatic hydroxyl groups is 1. The molecule has 0 aliphatic carbocycles. The molecule has 1 aromatic carbocycles. The smallest absolute Gasteiger partial charge is 0.161 e. The average molecular weight is 265 g/mol. The Morgan fingerprint density at radius 1 is 1.26 bits per heavy atom. The van der Waals surface area contributed by atoms with Crippen LogP contribution >= 0.6 is 0 Å². The molecule has 106 valence electrons. The van der Waals surface area contributed by atoms with Gasteiger partial charge in [0.05, 0.1) is 19.3 Å². The van der Waals surface area contributed by atoms with Crippen molar-refractivity contribution in [3.05, 3.63) is 36.4 Å². The van der Waals surface area contributed by atoms with Crippen molar-refractivity contribution in [2.24, 2.45) is 0 Å². The molecule has 0 bridgehead atoms. The summed E-state index contributed by atoms with van der Waals surface area (Å²) < 4.78 is 11.0.